The van der Waals surface area contributed by atoms with Crippen LogP contribution >= 0.6 is 0 Å². The summed E-state index contributed by atoms with van der Waals surface area (Å²) in [5.74, 6) is 2.83. The Morgan fingerprint density at radius 3 is 1.22 bits per heavy atom. The van der Waals surface area contributed by atoms with Gasteiger partial charge < -0.3 is 28.1 Å². The Bertz CT molecular complexity index is 2400. The number of allylic oxidation sites excluding steroid dienone is 2. The van der Waals surface area contributed by atoms with E-state index in [1.807, 2.05) is 36.4 Å². The highest BCUT2D eigenvalue weighted by molar-refractivity contribution is 6.33. The lowest BCUT2D eigenvalue weighted by Crippen LogP contribution is -2.03. The third kappa shape index (κ3) is 6.26. The number of nitrogens with zero attached hydrogens (tertiary/aromatic N) is 2. The zero-order chi connectivity index (χ0) is 37.6. The number of para-hydroxylation sites is 2. The summed E-state index contributed by atoms with van der Waals surface area (Å²) in [4.78, 5) is 0. The molecule has 0 amide bonds. The molecule has 0 unspecified atom stereocenters. The highest BCUT2D eigenvalue weighted by atomic mass is 16.5. The Kier molecular flexibility index (Phi) is 10.5. The first kappa shape index (κ1) is 35.7. The maximum absolute atomic E-state index is 6.47. The van der Waals surface area contributed by atoms with Crippen LogP contribution in [0.15, 0.2) is 161 Å². The molecule has 6 nitrogen and oxygen atoms in total. The van der Waals surface area contributed by atoms with Gasteiger partial charge >= 0.3 is 0 Å². The number of benzene rings is 5. The smallest absolute Gasteiger partial charge is 0.127 e. The van der Waals surface area contributed by atoms with Crippen LogP contribution in [0.3, 0.4) is 0 Å². The lowest BCUT2D eigenvalue weighted by atomic mass is 9.89. The summed E-state index contributed by atoms with van der Waals surface area (Å²) in [5, 5.41) is 4.28. The number of rotatable bonds is 18. The Hall–Kier alpha value is -6.66. The van der Waals surface area contributed by atoms with Gasteiger partial charge in [0, 0.05) is 67.9 Å². The number of ether oxygens (including phenoxy) is 4. The summed E-state index contributed by atoms with van der Waals surface area (Å²) in [6.45, 7) is 26.6. The van der Waals surface area contributed by atoms with Crippen LogP contribution in [0.4, 0.5) is 0 Å². The average molecular weight is 713 g/mol. The molecule has 0 aliphatic heterocycles. The molecule has 2 heterocycles. The van der Waals surface area contributed by atoms with E-state index < -0.39 is 0 Å². The highest BCUT2D eigenvalue weighted by Crippen LogP contribution is 2.54. The summed E-state index contributed by atoms with van der Waals surface area (Å²) in [6, 6.07) is 29.1. The van der Waals surface area contributed by atoms with Gasteiger partial charge in [0.05, 0.1) is 11.0 Å². The second kappa shape index (κ2) is 15.9. The molecule has 0 aliphatic rings. The van der Waals surface area contributed by atoms with Gasteiger partial charge in [-0.3, -0.25) is 0 Å². The topological polar surface area (TPSA) is 46.8 Å². The maximum atomic E-state index is 6.47. The van der Waals surface area contributed by atoms with Crippen LogP contribution in [0.1, 0.15) is 0 Å². The van der Waals surface area contributed by atoms with Gasteiger partial charge in [-0.05, 0) is 48.5 Å². The zero-order valence-corrected chi connectivity index (χ0v) is 30.6. The SMILES string of the molecule is C=CCOc1ccc(OCC=C)c(-c2c3c4ccccc4n(CC=C)c3c(-c3cc(OCC=C)ccc3OCC=C)c3c4ccccc4n(CC=C)c23)c1. The number of hydrogen-bond donors (Lipinski definition) is 0. The first-order valence-electron chi connectivity index (χ1n) is 18.0. The van der Waals surface area contributed by atoms with Crippen molar-refractivity contribution < 1.29 is 18.9 Å². The summed E-state index contributed by atoms with van der Waals surface area (Å²) in [5.41, 5.74) is 7.99. The number of aromatic nitrogens is 2. The van der Waals surface area contributed by atoms with Gasteiger partial charge in [0.15, 0.2) is 0 Å². The molecule has 0 saturated carbocycles. The number of hydrogen-bond acceptors (Lipinski definition) is 4. The van der Waals surface area contributed by atoms with Crippen LogP contribution in [0, 0.1) is 0 Å². The van der Waals surface area contributed by atoms with Crippen molar-refractivity contribution >= 4 is 43.6 Å². The van der Waals surface area contributed by atoms with E-state index in [1.54, 1.807) is 24.3 Å². The molecule has 0 N–H and O–H groups in total. The Morgan fingerprint density at radius 1 is 0.444 bits per heavy atom. The van der Waals surface area contributed by atoms with Gasteiger partial charge in [-0.2, -0.15) is 0 Å². The summed E-state index contributed by atoms with van der Waals surface area (Å²) >= 11 is 0. The molecular weight excluding hydrogens is 669 g/mol. The molecule has 0 fully saturated rings. The van der Waals surface area contributed by atoms with Crippen LogP contribution in [-0.4, -0.2) is 35.6 Å². The average Bonchev–Trinajstić information content (AvgIpc) is 3.70. The van der Waals surface area contributed by atoms with E-state index in [0.717, 1.165) is 65.9 Å². The van der Waals surface area contributed by atoms with Crippen LogP contribution in [-0.2, 0) is 13.1 Å². The van der Waals surface area contributed by atoms with E-state index in [-0.39, 0.29) is 0 Å². The Labute approximate surface area is 316 Å². The maximum Gasteiger partial charge on any atom is 0.127 e. The van der Waals surface area contributed by atoms with Crippen molar-refractivity contribution in [3.05, 3.63) is 161 Å². The van der Waals surface area contributed by atoms with Crippen molar-refractivity contribution in [1.29, 1.82) is 0 Å². The third-order valence-electron chi connectivity index (χ3n) is 9.43. The molecule has 0 aliphatic carbocycles. The quantitative estimate of drug-likeness (QED) is 0.0831. The minimum atomic E-state index is 0.333. The lowest BCUT2D eigenvalue weighted by Gasteiger charge is -2.21. The van der Waals surface area contributed by atoms with Crippen molar-refractivity contribution in [2.45, 2.75) is 13.1 Å². The molecule has 270 valence electrons. The molecule has 0 radical (unpaired) electrons. The standard InChI is InChI=1S/C48H44N2O4/c1-7-25-49-39-19-15-13-17-35(39)43-46(38-32-34(52-28-10-4)22-24-42(38)54-30-12-6)48-44(36-18-14-16-20-40(36)50(48)26-8-2)45(47(43)49)37-31-33(51-27-9-3)21-23-41(37)53-29-11-5/h7-24,31-32H,1-6,25-30H2. The molecule has 54 heavy (non-hydrogen) atoms. The second-order valence-electron chi connectivity index (χ2n) is 12.7. The predicted molar refractivity (Wildman–Crippen MR) is 226 cm³/mol. The van der Waals surface area contributed by atoms with Crippen molar-refractivity contribution in [1.82, 2.24) is 9.13 Å². The van der Waals surface area contributed by atoms with Gasteiger partial charge in [-0.1, -0.05) is 99.2 Å². The fourth-order valence-corrected chi connectivity index (χ4v) is 7.48. The van der Waals surface area contributed by atoms with Crippen molar-refractivity contribution in [2.24, 2.45) is 0 Å². The minimum Gasteiger partial charge on any atom is -0.490 e. The van der Waals surface area contributed by atoms with Crippen LogP contribution < -0.4 is 18.9 Å². The second-order valence-corrected chi connectivity index (χ2v) is 12.7. The molecule has 7 aromatic rings. The molecule has 0 saturated heterocycles. The van der Waals surface area contributed by atoms with Crippen molar-refractivity contribution in [2.75, 3.05) is 26.4 Å². The van der Waals surface area contributed by atoms with Crippen LogP contribution in [0.2, 0.25) is 0 Å². The van der Waals surface area contributed by atoms with E-state index in [0.29, 0.717) is 62.5 Å². The van der Waals surface area contributed by atoms with Crippen molar-refractivity contribution in [3.8, 4) is 45.3 Å². The molecular formula is C48H44N2O4. The van der Waals surface area contributed by atoms with E-state index in [2.05, 4.69) is 109 Å². The largest absolute Gasteiger partial charge is 0.490 e. The van der Waals surface area contributed by atoms with E-state index in [9.17, 15) is 0 Å². The van der Waals surface area contributed by atoms with Crippen LogP contribution in [0.25, 0.3) is 65.9 Å². The molecule has 0 bridgehead atoms. The van der Waals surface area contributed by atoms with Crippen LogP contribution in [0.5, 0.6) is 23.0 Å². The minimum absolute atomic E-state index is 0.333. The van der Waals surface area contributed by atoms with E-state index in [1.165, 1.54) is 0 Å². The summed E-state index contributed by atoms with van der Waals surface area (Å²) in [7, 11) is 0. The fourth-order valence-electron chi connectivity index (χ4n) is 7.48. The number of fused-ring (bicyclic) bond motifs is 6. The third-order valence-corrected chi connectivity index (χ3v) is 9.43. The molecule has 0 spiro atoms. The molecule has 5 aromatic carbocycles. The van der Waals surface area contributed by atoms with Gasteiger partial charge in [0.1, 0.15) is 49.4 Å². The monoisotopic (exact) mass is 712 g/mol. The van der Waals surface area contributed by atoms with Gasteiger partial charge in [0.2, 0.25) is 0 Å². The zero-order valence-electron chi connectivity index (χ0n) is 30.6. The Morgan fingerprint density at radius 2 is 0.833 bits per heavy atom. The van der Waals surface area contributed by atoms with Gasteiger partial charge in [-0.15, -0.1) is 13.2 Å². The van der Waals surface area contributed by atoms with Crippen molar-refractivity contribution in [3.63, 3.8) is 0 Å². The lowest BCUT2D eigenvalue weighted by molar-refractivity contribution is 0.354. The molecule has 2 aromatic heterocycles. The van der Waals surface area contributed by atoms with E-state index in [4.69, 9.17) is 18.9 Å². The summed E-state index contributed by atoms with van der Waals surface area (Å²) < 4.78 is 30.0. The first-order valence-corrected chi connectivity index (χ1v) is 18.0. The van der Waals surface area contributed by atoms with Gasteiger partial charge in [0.25, 0.3) is 0 Å². The Balaban J connectivity index is 1.81. The highest BCUT2D eigenvalue weighted by Gasteiger charge is 2.30. The normalized spacial score (nSPS) is 11.1. The molecule has 6 heteroatoms. The van der Waals surface area contributed by atoms with E-state index >= 15 is 0 Å². The molecule has 0 atom stereocenters. The fraction of sp³-hybridized carbons (Fsp3) is 0.125. The summed E-state index contributed by atoms with van der Waals surface area (Å²) in [6.07, 6.45) is 10.9. The first-order chi connectivity index (χ1) is 26.6. The van der Waals surface area contributed by atoms with Gasteiger partial charge in [-0.25, -0.2) is 0 Å². The molecule has 7 rings (SSSR count). The predicted octanol–water partition coefficient (Wildman–Crippen LogP) is 11.9.